The van der Waals surface area contributed by atoms with Gasteiger partial charge in [-0.15, -0.1) is 0 Å². The van der Waals surface area contributed by atoms with Crippen molar-refractivity contribution >= 4 is 12.1 Å². The Kier molecular flexibility index (Phi) is 6.72. The van der Waals surface area contributed by atoms with Gasteiger partial charge in [0.15, 0.2) is 0 Å². The van der Waals surface area contributed by atoms with Gasteiger partial charge in [-0.2, -0.15) is 0 Å². The smallest absolute Gasteiger partial charge is 0.407 e. The standard InChI is InChI=1S/C23H35N3O4/c1-6-18-13-25(12-15(2)24-22(29)30-23(3,4)5)14-26(18)20-10-8-16-11-17(21(27)28)7-9-19(16)20/h7,9,11,15,18,20H,6,8,10,12-14H2,1-5H3,(H,24,29)(H,27,28)/t15?,18-,20?/m0/s1. The summed E-state index contributed by atoms with van der Waals surface area (Å²) >= 11 is 0. The summed E-state index contributed by atoms with van der Waals surface area (Å²) in [7, 11) is 0. The second kappa shape index (κ2) is 8.94. The van der Waals surface area contributed by atoms with Crippen LogP contribution >= 0.6 is 0 Å². The van der Waals surface area contributed by atoms with Gasteiger partial charge in [0.2, 0.25) is 0 Å². The summed E-state index contributed by atoms with van der Waals surface area (Å²) in [6, 6.07) is 6.32. The first-order valence-electron chi connectivity index (χ1n) is 10.9. The van der Waals surface area contributed by atoms with Crippen molar-refractivity contribution in [2.75, 3.05) is 19.8 Å². The van der Waals surface area contributed by atoms with E-state index < -0.39 is 11.6 Å². The summed E-state index contributed by atoms with van der Waals surface area (Å²) in [6.45, 7) is 12.4. The Balaban J connectivity index is 1.62. The predicted octanol–water partition coefficient (Wildman–Crippen LogP) is 3.64. The van der Waals surface area contributed by atoms with Crippen LogP contribution in [-0.2, 0) is 11.2 Å². The molecule has 2 unspecified atom stereocenters. The molecular formula is C23H35N3O4. The minimum Gasteiger partial charge on any atom is -0.478 e. The third kappa shape index (κ3) is 5.32. The van der Waals surface area contributed by atoms with E-state index in [2.05, 4.69) is 22.0 Å². The lowest BCUT2D eigenvalue weighted by molar-refractivity contribution is 0.0496. The molecular weight excluding hydrogens is 382 g/mol. The van der Waals surface area contributed by atoms with Crippen LogP contribution in [0.2, 0.25) is 0 Å². The number of aromatic carboxylic acids is 1. The third-order valence-electron chi connectivity index (χ3n) is 5.90. The summed E-state index contributed by atoms with van der Waals surface area (Å²) in [6.07, 6.45) is 2.62. The molecule has 1 saturated heterocycles. The lowest BCUT2D eigenvalue weighted by Gasteiger charge is -2.30. The molecule has 2 N–H and O–H groups in total. The number of nitrogens with zero attached hydrogens (tertiary/aromatic N) is 2. The summed E-state index contributed by atoms with van der Waals surface area (Å²) in [4.78, 5) is 28.3. The van der Waals surface area contributed by atoms with Gasteiger partial charge < -0.3 is 15.2 Å². The number of aryl methyl sites for hydroxylation is 1. The van der Waals surface area contributed by atoms with Crippen LogP contribution in [0, 0.1) is 0 Å². The van der Waals surface area contributed by atoms with E-state index >= 15 is 0 Å². The molecule has 0 saturated carbocycles. The number of fused-ring (bicyclic) bond motifs is 1. The predicted molar refractivity (Wildman–Crippen MR) is 116 cm³/mol. The largest absolute Gasteiger partial charge is 0.478 e. The van der Waals surface area contributed by atoms with E-state index in [1.165, 1.54) is 5.56 Å². The molecule has 166 valence electrons. The SMILES string of the molecule is CC[C@H]1CN(CC(C)NC(=O)OC(C)(C)C)CN1C1CCc2cc(C(=O)O)ccc21. The zero-order valence-electron chi connectivity index (χ0n) is 18.8. The summed E-state index contributed by atoms with van der Waals surface area (Å²) in [5.41, 5.74) is 2.29. The molecule has 1 aliphatic heterocycles. The first-order valence-corrected chi connectivity index (χ1v) is 10.9. The first kappa shape index (κ1) is 22.6. The number of rotatable bonds is 6. The topological polar surface area (TPSA) is 82.1 Å². The van der Waals surface area contributed by atoms with Crippen LogP contribution in [0.1, 0.15) is 75.0 Å². The van der Waals surface area contributed by atoms with E-state index in [0.29, 0.717) is 17.6 Å². The Hall–Kier alpha value is -2.12. The summed E-state index contributed by atoms with van der Waals surface area (Å²) in [5, 5.41) is 12.2. The van der Waals surface area contributed by atoms with Crippen LogP contribution in [0.15, 0.2) is 18.2 Å². The van der Waals surface area contributed by atoms with Gasteiger partial charge in [0.1, 0.15) is 5.60 Å². The molecule has 1 aromatic carbocycles. The number of hydrogen-bond acceptors (Lipinski definition) is 5. The number of benzene rings is 1. The van der Waals surface area contributed by atoms with Gasteiger partial charge in [0, 0.05) is 31.2 Å². The van der Waals surface area contributed by atoms with Crippen molar-refractivity contribution in [2.45, 2.75) is 77.6 Å². The average Bonchev–Trinajstić information content (AvgIpc) is 3.22. The number of hydrogen-bond donors (Lipinski definition) is 2. The number of carboxylic acids is 1. The Labute approximate surface area is 179 Å². The number of carbonyl (C=O) groups excluding carboxylic acids is 1. The van der Waals surface area contributed by atoms with Crippen molar-refractivity contribution < 1.29 is 19.4 Å². The van der Waals surface area contributed by atoms with Crippen LogP contribution < -0.4 is 5.32 Å². The Morgan fingerprint density at radius 1 is 1.33 bits per heavy atom. The van der Waals surface area contributed by atoms with Crippen LogP contribution in [0.25, 0.3) is 0 Å². The van der Waals surface area contributed by atoms with Gasteiger partial charge in [-0.25, -0.2) is 9.59 Å². The van der Waals surface area contributed by atoms with E-state index in [1.54, 1.807) is 6.07 Å². The molecule has 3 rings (SSSR count). The van der Waals surface area contributed by atoms with Crippen LogP contribution in [-0.4, -0.2) is 64.4 Å². The van der Waals surface area contributed by atoms with Gasteiger partial charge in [-0.3, -0.25) is 9.80 Å². The van der Waals surface area contributed by atoms with Gasteiger partial charge in [-0.1, -0.05) is 13.0 Å². The third-order valence-corrected chi connectivity index (χ3v) is 5.90. The van der Waals surface area contributed by atoms with Crippen molar-refractivity contribution in [3.63, 3.8) is 0 Å². The number of carbonyl (C=O) groups is 2. The van der Waals surface area contributed by atoms with E-state index in [1.807, 2.05) is 39.8 Å². The molecule has 3 atom stereocenters. The normalized spacial score (nSPS) is 23.2. The highest BCUT2D eigenvalue weighted by molar-refractivity contribution is 5.88. The molecule has 2 aliphatic rings. The lowest BCUT2D eigenvalue weighted by Crippen LogP contribution is -2.43. The molecule has 1 heterocycles. The fourth-order valence-electron chi connectivity index (χ4n) is 4.67. The zero-order valence-corrected chi connectivity index (χ0v) is 18.8. The maximum atomic E-state index is 12.0. The van der Waals surface area contributed by atoms with Crippen molar-refractivity contribution in [2.24, 2.45) is 0 Å². The quantitative estimate of drug-likeness (QED) is 0.735. The molecule has 0 bridgehead atoms. The van der Waals surface area contributed by atoms with E-state index in [-0.39, 0.29) is 12.1 Å². The molecule has 7 heteroatoms. The maximum Gasteiger partial charge on any atom is 0.407 e. The lowest BCUT2D eigenvalue weighted by atomic mass is 10.0. The minimum atomic E-state index is -0.869. The van der Waals surface area contributed by atoms with E-state index in [0.717, 1.165) is 44.6 Å². The van der Waals surface area contributed by atoms with E-state index in [4.69, 9.17) is 4.74 Å². The number of ether oxygens (including phenoxy) is 1. The highest BCUT2D eigenvalue weighted by Crippen LogP contribution is 2.39. The van der Waals surface area contributed by atoms with Crippen LogP contribution in [0.3, 0.4) is 0 Å². The molecule has 1 aromatic rings. The highest BCUT2D eigenvalue weighted by atomic mass is 16.6. The fourth-order valence-corrected chi connectivity index (χ4v) is 4.67. The summed E-state index contributed by atoms with van der Waals surface area (Å²) < 4.78 is 5.36. The Morgan fingerprint density at radius 3 is 2.70 bits per heavy atom. The Morgan fingerprint density at radius 2 is 2.07 bits per heavy atom. The summed E-state index contributed by atoms with van der Waals surface area (Å²) in [5.74, 6) is -0.869. The minimum absolute atomic E-state index is 0.00806. The number of carboxylic acid groups (broad SMARTS) is 1. The van der Waals surface area contributed by atoms with E-state index in [9.17, 15) is 14.7 Å². The van der Waals surface area contributed by atoms with Gasteiger partial charge in [0.25, 0.3) is 0 Å². The molecule has 1 aliphatic carbocycles. The van der Waals surface area contributed by atoms with Crippen LogP contribution in [0.4, 0.5) is 4.79 Å². The second-order valence-corrected chi connectivity index (χ2v) is 9.57. The second-order valence-electron chi connectivity index (χ2n) is 9.57. The number of amides is 1. The molecule has 0 aromatic heterocycles. The molecule has 0 radical (unpaired) electrons. The van der Waals surface area contributed by atoms with Crippen LogP contribution in [0.5, 0.6) is 0 Å². The van der Waals surface area contributed by atoms with Crippen molar-refractivity contribution in [3.8, 4) is 0 Å². The average molecular weight is 418 g/mol. The Bertz CT molecular complexity index is 789. The van der Waals surface area contributed by atoms with Crippen molar-refractivity contribution in [3.05, 3.63) is 34.9 Å². The molecule has 1 fully saturated rings. The zero-order chi connectivity index (χ0) is 22.1. The molecule has 30 heavy (non-hydrogen) atoms. The monoisotopic (exact) mass is 417 g/mol. The fraction of sp³-hybridized carbons (Fsp3) is 0.652. The highest BCUT2D eigenvalue weighted by Gasteiger charge is 2.38. The number of nitrogens with one attached hydrogen (secondary N) is 1. The molecule has 1 amide bonds. The van der Waals surface area contributed by atoms with Crippen molar-refractivity contribution in [1.29, 1.82) is 0 Å². The molecule has 0 spiro atoms. The van der Waals surface area contributed by atoms with Crippen molar-refractivity contribution in [1.82, 2.24) is 15.1 Å². The first-order chi connectivity index (χ1) is 14.1. The van der Waals surface area contributed by atoms with Gasteiger partial charge in [-0.05, 0) is 70.2 Å². The van der Waals surface area contributed by atoms with Gasteiger partial charge >= 0.3 is 12.1 Å². The molecule has 7 nitrogen and oxygen atoms in total. The van der Waals surface area contributed by atoms with Gasteiger partial charge in [0.05, 0.1) is 12.2 Å². The number of alkyl carbamates (subject to hydrolysis) is 1. The maximum absolute atomic E-state index is 12.0.